The van der Waals surface area contributed by atoms with Gasteiger partial charge in [-0.05, 0) is 31.0 Å². The lowest BCUT2D eigenvalue weighted by molar-refractivity contribution is 0.0914. The second kappa shape index (κ2) is 7.09. The molecule has 0 aromatic heterocycles. The number of carbonyl (C=O) groups excluding carboxylic acids is 1. The Morgan fingerprint density at radius 1 is 1.43 bits per heavy atom. The number of benzene rings is 1. The van der Waals surface area contributed by atoms with Crippen LogP contribution >= 0.6 is 0 Å². The highest BCUT2D eigenvalue weighted by atomic mass is 16.1. The van der Waals surface area contributed by atoms with Crippen molar-refractivity contribution in [1.82, 2.24) is 10.2 Å². The first-order valence-corrected chi connectivity index (χ1v) is 7.27. The van der Waals surface area contributed by atoms with E-state index in [2.05, 4.69) is 16.3 Å². The maximum Gasteiger partial charge on any atom is 0.251 e. The van der Waals surface area contributed by atoms with Crippen LogP contribution in [0.1, 0.15) is 23.2 Å². The minimum absolute atomic E-state index is 0.0163. The van der Waals surface area contributed by atoms with E-state index >= 15 is 0 Å². The zero-order valence-electron chi connectivity index (χ0n) is 12.7. The standard InChI is InChI=1S/C16H22N4O/c1-19(2)15-5-3-4-13(12-15)16(21)18-14-6-9-20(10-7-14)11-8-17/h3-5,12,14H,6-7,9-11H2,1-2H3,(H,18,21). The Hall–Kier alpha value is -2.06. The highest BCUT2D eigenvalue weighted by Crippen LogP contribution is 2.15. The van der Waals surface area contributed by atoms with Gasteiger partial charge in [0.15, 0.2) is 0 Å². The van der Waals surface area contributed by atoms with Crippen molar-refractivity contribution in [2.75, 3.05) is 38.6 Å². The van der Waals surface area contributed by atoms with Crippen LogP contribution in [0.15, 0.2) is 24.3 Å². The highest BCUT2D eigenvalue weighted by molar-refractivity contribution is 5.95. The average Bonchev–Trinajstić information content (AvgIpc) is 2.49. The van der Waals surface area contributed by atoms with Gasteiger partial charge in [-0.1, -0.05) is 6.07 Å². The fraction of sp³-hybridized carbons (Fsp3) is 0.500. The molecule has 5 heteroatoms. The average molecular weight is 286 g/mol. The highest BCUT2D eigenvalue weighted by Gasteiger charge is 2.20. The third kappa shape index (κ3) is 4.20. The first-order chi connectivity index (χ1) is 10.1. The molecule has 1 aliphatic heterocycles. The fourth-order valence-corrected chi connectivity index (χ4v) is 2.53. The molecule has 5 nitrogen and oxygen atoms in total. The molecule has 0 radical (unpaired) electrons. The largest absolute Gasteiger partial charge is 0.378 e. The molecule has 0 spiro atoms. The quantitative estimate of drug-likeness (QED) is 0.852. The van der Waals surface area contributed by atoms with Gasteiger partial charge < -0.3 is 10.2 Å². The normalized spacial score (nSPS) is 16.2. The number of likely N-dealkylation sites (tertiary alicyclic amines) is 1. The van der Waals surface area contributed by atoms with E-state index < -0.39 is 0 Å². The molecule has 2 rings (SSSR count). The molecule has 1 aromatic rings. The number of rotatable bonds is 4. The maximum absolute atomic E-state index is 12.3. The van der Waals surface area contributed by atoms with Crippen molar-refractivity contribution in [1.29, 1.82) is 5.26 Å². The van der Waals surface area contributed by atoms with Crippen LogP contribution in [0.3, 0.4) is 0 Å². The first kappa shape index (κ1) is 15.3. The van der Waals surface area contributed by atoms with E-state index in [1.165, 1.54) is 0 Å². The van der Waals surface area contributed by atoms with Gasteiger partial charge in [0.2, 0.25) is 0 Å². The second-order valence-corrected chi connectivity index (χ2v) is 5.63. The lowest BCUT2D eigenvalue weighted by Crippen LogP contribution is -2.44. The van der Waals surface area contributed by atoms with Crippen LogP contribution in [0.2, 0.25) is 0 Å². The van der Waals surface area contributed by atoms with E-state index in [-0.39, 0.29) is 11.9 Å². The monoisotopic (exact) mass is 286 g/mol. The Bertz CT molecular complexity index is 527. The zero-order chi connectivity index (χ0) is 15.2. The van der Waals surface area contributed by atoms with E-state index in [0.717, 1.165) is 31.6 Å². The molecule has 0 aliphatic carbocycles. The molecule has 1 amide bonds. The van der Waals surface area contributed by atoms with Crippen LogP contribution in [0, 0.1) is 11.3 Å². The van der Waals surface area contributed by atoms with Crippen molar-refractivity contribution in [3.8, 4) is 6.07 Å². The summed E-state index contributed by atoms with van der Waals surface area (Å²) in [5, 5.41) is 11.8. The van der Waals surface area contributed by atoms with Gasteiger partial charge in [-0.15, -0.1) is 0 Å². The molecule has 1 fully saturated rings. The summed E-state index contributed by atoms with van der Waals surface area (Å²) >= 11 is 0. The van der Waals surface area contributed by atoms with E-state index in [9.17, 15) is 4.79 Å². The van der Waals surface area contributed by atoms with E-state index in [1.807, 2.05) is 43.3 Å². The van der Waals surface area contributed by atoms with Gasteiger partial charge in [0.1, 0.15) is 0 Å². The Labute approximate surface area is 126 Å². The van der Waals surface area contributed by atoms with Crippen LogP contribution in [-0.2, 0) is 0 Å². The topological polar surface area (TPSA) is 59.4 Å². The summed E-state index contributed by atoms with van der Waals surface area (Å²) in [6.45, 7) is 2.22. The smallest absolute Gasteiger partial charge is 0.251 e. The van der Waals surface area contributed by atoms with Gasteiger partial charge in [-0.25, -0.2) is 0 Å². The number of carbonyl (C=O) groups is 1. The van der Waals surface area contributed by atoms with E-state index in [1.54, 1.807) is 0 Å². The van der Waals surface area contributed by atoms with Gasteiger partial charge >= 0.3 is 0 Å². The van der Waals surface area contributed by atoms with Crippen LogP contribution in [-0.4, -0.2) is 50.6 Å². The summed E-state index contributed by atoms with van der Waals surface area (Å²) < 4.78 is 0. The number of piperidine rings is 1. The summed E-state index contributed by atoms with van der Waals surface area (Å²) in [5.41, 5.74) is 1.71. The summed E-state index contributed by atoms with van der Waals surface area (Å²) in [6, 6.07) is 10.0. The first-order valence-electron chi connectivity index (χ1n) is 7.27. The summed E-state index contributed by atoms with van der Waals surface area (Å²) in [5.74, 6) is -0.0163. The van der Waals surface area contributed by atoms with Crippen molar-refractivity contribution in [2.24, 2.45) is 0 Å². The number of anilines is 1. The van der Waals surface area contributed by atoms with Crippen LogP contribution in [0.5, 0.6) is 0 Å². The van der Waals surface area contributed by atoms with Crippen LogP contribution in [0.4, 0.5) is 5.69 Å². The van der Waals surface area contributed by atoms with Crippen LogP contribution in [0.25, 0.3) is 0 Å². The van der Waals surface area contributed by atoms with Crippen molar-refractivity contribution in [2.45, 2.75) is 18.9 Å². The summed E-state index contributed by atoms with van der Waals surface area (Å²) in [6.07, 6.45) is 1.81. The predicted octanol–water partition coefficient (Wildman–Crippen LogP) is 1.47. The Balaban J connectivity index is 1.91. The molecule has 1 N–H and O–H groups in total. The van der Waals surface area contributed by atoms with E-state index in [0.29, 0.717) is 12.1 Å². The maximum atomic E-state index is 12.3. The molecule has 1 heterocycles. The third-order valence-electron chi connectivity index (χ3n) is 3.84. The summed E-state index contributed by atoms with van der Waals surface area (Å²) in [7, 11) is 3.92. The Morgan fingerprint density at radius 3 is 2.76 bits per heavy atom. The fourth-order valence-electron chi connectivity index (χ4n) is 2.53. The van der Waals surface area contributed by atoms with Crippen molar-refractivity contribution >= 4 is 11.6 Å². The zero-order valence-corrected chi connectivity index (χ0v) is 12.7. The molecule has 0 bridgehead atoms. The predicted molar refractivity (Wildman–Crippen MR) is 83.3 cm³/mol. The van der Waals surface area contributed by atoms with Crippen molar-refractivity contribution in [3.05, 3.63) is 29.8 Å². The minimum atomic E-state index is -0.0163. The number of amides is 1. The van der Waals surface area contributed by atoms with E-state index in [4.69, 9.17) is 5.26 Å². The van der Waals surface area contributed by atoms with Gasteiger partial charge in [0.05, 0.1) is 12.6 Å². The Kier molecular flexibility index (Phi) is 5.18. The third-order valence-corrected chi connectivity index (χ3v) is 3.84. The summed E-state index contributed by atoms with van der Waals surface area (Å²) in [4.78, 5) is 16.4. The second-order valence-electron chi connectivity index (χ2n) is 5.63. The molecule has 0 saturated carbocycles. The number of hydrogen-bond acceptors (Lipinski definition) is 4. The minimum Gasteiger partial charge on any atom is -0.378 e. The number of hydrogen-bond donors (Lipinski definition) is 1. The van der Waals surface area contributed by atoms with Crippen LogP contribution < -0.4 is 10.2 Å². The lowest BCUT2D eigenvalue weighted by Gasteiger charge is -2.30. The SMILES string of the molecule is CN(C)c1cccc(C(=O)NC2CCN(CC#N)CC2)c1. The number of nitriles is 1. The molecule has 21 heavy (non-hydrogen) atoms. The lowest BCUT2D eigenvalue weighted by atomic mass is 10.0. The molecule has 0 atom stereocenters. The van der Waals surface area contributed by atoms with Gasteiger partial charge in [-0.2, -0.15) is 5.26 Å². The molecule has 112 valence electrons. The number of nitrogens with zero attached hydrogens (tertiary/aromatic N) is 3. The Morgan fingerprint density at radius 2 is 2.14 bits per heavy atom. The van der Waals surface area contributed by atoms with Crippen molar-refractivity contribution in [3.63, 3.8) is 0 Å². The molecule has 1 aliphatic rings. The van der Waals surface area contributed by atoms with Gasteiger partial charge in [-0.3, -0.25) is 9.69 Å². The molecule has 1 aromatic carbocycles. The van der Waals surface area contributed by atoms with Gasteiger partial charge in [0.25, 0.3) is 5.91 Å². The molecular weight excluding hydrogens is 264 g/mol. The van der Waals surface area contributed by atoms with Gasteiger partial charge in [0, 0.05) is 44.5 Å². The molecule has 0 unspecified atom stereocenters. The molecule has 1 saturated heterocycles. The number of nitrogens with one attached hydrogen (secondary N) is 1. The molecular formula is C16H22N4O. The van der Waals surface area contributed by atoms with Crippen molar-refractivity contribution < 1.29 is 4.79 Å².